The summed E-state index contributed by atoms with van der Waals surface area (Å²) in [6, 6.07) is 13.7. The van der Waals surface area contributed by atoms with Crippen LogP contribution in [0.1, 0.15) is 28.8 Å². The predicted molar refractivity (Wildman–Crippen MR) is 134 cm³/mol. The van der Waals surface area contributed by atoms with Gasteiger partial charge in [0.2, 0.25) is 5.88 Å². The number of amides is 1. The van der Waals surface area contributed by atoms with Crippen molar-refractivity contribution in [2.24, 2.45) is 7.05 Å². The molecule has 0 atom stereocenters. The lowest BCUT2D eigenvalue weighted by Gasteiger charge is -2.34. The van der Waals surface area contributed by atoms with Crippen molar-refractivity contribution in [1.82, 2.24) is 9.78 Å². The fourth-order valence-corrected chi connectivity index (χ4v) is 6.09. The minimum Gasteiger partial charge on any atom is -0.497 e. The topological polar surface area (TPSA) is 127 Å². The van der Waals surface area contributed by atoms with Gasteiger partial charge in [-0.25, -0.2) is 8.42 Å². The molecule has 11 heteroatoms. The van der Waals surface area contributed by atoms with E-state index in [0.29, 0.717) is 48.6 Å². The third-order valence-corrected chi connectivity index (χ3v) is 8.46. The smallest absolute Gasteiger partial charge is 0.262 e. The van der Waals surface area contributed by atoms with E-state index in [0.717, 1.165) is 0 Å². The van der Waals surface area contributed by atoms with Crippen molar-refractivity contribution in [2.45, 2.75) is 23.0 Å². The molecule has 1 saturated heterocycles. The summed E-state index contributed by atoms with van der Waals surface area (Å²) in [7, 11) is 1.10. The number of carbonyl (C=O) groups is 1. The van der Waals surface area contributed by atoms with Crippen molar-refractivity contribution in [2.75, 3.05) is 37.5 Å². The van der Waals surface area contributed by atoms with Gasteiger partial charge >= 0.3 is 0 Å². The van der Waals surface area contributed by atoms with E-state index in [-0.39, 0.29) is 16.3 Å². The molecule has 2 heterocycles. The molecule has 0 bridgehead atoms. The van der Waals surface area contributed by atoms with Crippen LogP contribution < -0.4 is 19.7 Å². The summed E-state index contributed by atoms with van der Waals surface area (Å²) >= 11 is 0. The molecule has 1 aromatic heterocycles. The summed E-state index contributed by atoms with van der Waals surface area (Å²) in [5.74, 6) is 0.264. The number of nitriles is 1. The largest absolute Gasteiger partial charge is 0.497 e. The van der Waals surface area contributed by atoms with Gasteiger partial charge in [-0.3, -0.25) is 9.48 Å². The molecule has 0 unspecified atom stereocenters. The second kappa shape index (κ2) is 10.3. The second-order valence-corrected chi connectivity index (χ2v) is 10.7. The van der Waals surface area contributed by atoms with Crippen LogP contribution in [0.2, 0.25) is 0 Å². The van der Waals surface area contributed by atoms with E-state index >= 15 is 0 Å². The number of methoxy groups -OCH3 is 2. The van der Waals surface area contributed by atoms with Gasteiger partial charge in [-0.15, -0.1) is 5.10 Å². The summed E-state index contributed by atoms with van der Waals surface area (Å²) in [6.07, 6.45) is 2.39. The van der Waals surface area contributed by atoms with Crippen molar-refractivity contribution in [1.29, 1.82) is 5.26 Å². The summed E-state index contributed by atoms with van der Waals surface area (Å²) < 4.78 is 38.3. The lowest BCUT2D eigenvalue weighted by Crippen LogP contribution is -2.39. The first-order chi connectivity index (χ1) is 17.3. The van der Waals surface area contributed by atoms with Crippen LogP contribution in [-0.2, 0) is 16.9 Å². The van der Waals surface area contributed by atoms with E-state index in [1.807, 2.05) is 4.90 Å². The standard InChI is InChI=1S/C25H27N5O5S/c1-29-16-21(25(28-29)35-3)24(31)27-22-13-17(15-26)7-8-23(22)30-11-9-19(10-12-30)36(32,33)20-6-4-5-18(14-20)34-2/h4-8,13-14,16,19H,9-12H2,1-3H3,(H,27,31). The number of nitrogens with zero attached hydrogens (tertiary/aromatic N) is 4. The number of rotatable bonds is 7. The zero-order chi connectivity index (χ0) is 25.9. The van der Waals surface area contributed by atoms with E-state index in [9.17, 15) is 18.5 Å². The first kappa shape index (κ1) is 25.1. The summed E-state index contributed by atoms with van der Waals surface area (Å²) in [6.45, 7) is 0.942. The molecule has 2 aromatic carbocycles. The van der Waals surface area contributed by atoms with Gasteiger partial charge in [0.05, 0.1) is 47.4 Å². The predicted octanol–water partition coefficient (Wildman–Crippen LogP) is 3.00. The highest BCUT2D eigenvalue weighted by Gasteiger charge is 2.32. The van der Waals surface area contributed by atoms with E-state index in [1.165, 1.54) is 18.9 Å². The fraction of sp³-hybridized carbons (Fsp3) is 0.320. The lowest BCUT2D eigenvalue weighted by atomic mass is 10.1. The number of anilines is 2. The number of aryl methyl sites for hydroxylation is 1. The number of ether oxygens (including phenoxy) is 2. The average molecular weight is 510 g/mol. The van der Waals surface area contributed by atoms with Gasteiger partial charge in [0.1, 0.15) is 11.3 Å². The molecule has 36 heavy (non-hydrogen) atoms. The van der Waals surface area contributed by atoms with Crippen LogP contribution in [0.3, 0.4) is 0 Å². The third-order valence-electron chi connectivity index (χ3n) is 6.20. The second-order valence-electron chi connectivity index (χ2n) is 8.43. The number of hydrogen-bond donors (Lipinski definition) is 1. The molecular weight excluding hydrogens is 482 g/mol. The highest BCUT2D eigenvalue weighted by Crippen LogP contribution is 2.33. The maximum Gasteiger partial charge on any atom is 0.262 e. The molecule has 1 aliphatic rings. The Morgan fingerprint density at radius 1 is 1.14 bits per heavy atom. The van der Waals surface area contributed by atoms with Crippen LogP contribution in [0, 0.1) is 11.3 Å². The highest BCUT2D eigenvalue weighted by atomic mass is 32.2. The Morgan fingerprint density at radius 2 is 1.89 bits per heavy atom. The van der Waals surface area contributed by atoms with Gasteiger partial charge < -0.3 is 19.7 Å². The Labute approximate surface area is 210 Å². The first-order valence-electron chi connectivity index (χ1n) is 11.3. The van der Waals surface area contributed by atoms with Gasteiger partial charge in [0.25, 0.3) is 5.91 Å². The van der Waals surface area contributed by atoms with Crippen LogP contribution in [0.4, 0.5) is 11.4 Å². The molecule has 1 fully saturated rings. The van der Waals surface area contributed by atoms with Crippen molar-refractivity contribution in [3.05, 3.63) is 59.8 Å². The molecule has 1 aliphatic heterocycles. The molecule has 0 spiro atoms. The maximum absolute atomic E-state index is 13.2. The number of piperidine rings is 1. The lowest BCUT2D eigenvalue weighted by molar-refractivity contribution is 0.102. The Kier molecular flexibility index (Phi) is 7.17. The van der Waals surface area contributed by atoms with E-state index in [2.05, 4.69) is 16.5 Å². The zero-order valence-electron chi connectivity index (χ0n) is 20.3. The monoisotopic (exact) mass is 509 g/mol. The molecule has 0 saturated carbocycles. The molecule has 1 amide bonds. The van der Waals surface area contributed by atoms with Crippen LogP contribution in [-0.4, -0.2) is 56.7 Å². The van der Waals surface area contributed by atoms with E-state index in [4.69, 9.17) is 9.47 Å². The maximum atomic E-state index is 13.2. The Hall–Kier alpha value is -4.04. The van der Waals surface area contributed by atoms with Gasteiger partial charge in [0, 0.05) is 26.3 Å². The molecule has 1 N–H and O–H groups in total. The number of sulfone groups is 1. The average Bonchev–Trinajstić information content (AvgIpc) is 3.29. The summed E-state index contributed by atoms with van der Waals surface area (Å²) in [4.78, 5) is 15.3. The van der Waals surface area contributed by atoms with Crippen LogP contribution >= 0.6 is 0 Å². The highest BCUT2D eigenvalue weighted by molar-refractivity contribution is 7.92. The Bertz CT molecular complexity index is 1420. The van der Waals surface area contributed by atoms with Gasteiger partial charge in [-0.05, 0) is 49.2 Å². The SMILES string of the molecule is COc1cccc(S(=O)(=O)C2CCN(c3ccc(C#N)cc3NC(=O)c3cn(C)nc3OC)CC2)c1. The number of nitrogens with one attached hydrogen (secondary N) is 1. The van der Waals surface area contributed by atoms with Gasteiger partial charge in [0.15, 0.2) is 9.84 Å². The fourth-order valence-electron chi connectivity index (χ4n) is 4.32. The number of carbonyl (C=O) groups excluding carboxylic acids is 1. The van der Waals surface area contributed by atoms with Crippen molar-refractivity contribution < 1.29 is 22.7 Å². The van der Waals surface area contributed by atoms with Gasteiger partial charge in [-0.2, -0.15) is 5.26 Å². The van der Waals surface area contributed by atoms with E-state index in [1.54, 1.807) is 55.7 Å². The minimum absolute atomic E-state index is 0.191. The third kappa shape index (κ3) is 4.99. The van der Waals surface area contributed by atoms with Crippen molar-refractivity contribution in [3.8, 4) is 17.7 Å². The van der Waals surface area contributed by atoms with E-state index < -0.39 is 21.0 Å². The molecule has 0 aliphatic carbocycles. The number of hydrogen-bond acceptors (Lipinski definition) is 8. The number of aromatic nitrogens is 2. The first-order valence-corrected chi connectivity index (χ1v) is 12.9. The van der Waals surface area contributed by atoms with Crippen molar-refractivity contribution in [3.63, 3.8) is 0 Å². The van der Waals surface area contributed by atoms with Gasteiger partial charge in [-0.1, -0.05) is 6.07 Å². The van der Waals surface area contributed by atoms with Crippen molar-refractivity contribution >= 4 is 27.1 Å². The van der Waals surface area contributed by atoms with Crippen LogP contribution in [0.15, 0.2) is 53.6 Å². The number of benzene rings is 2. The molecule has 188 valence electrons. The molecule has 4 rings (SSSR count). The normalized spacial score (nSPS) is 14.2. The Balaban J connectivity index is 1.54. The summed E-state index contributed by atoms with van der Waals surface area (Å²) in [5, 5.41) is 15.8. The Morgan fingerprint density at radius 3 is 2.56 bits per heavy atom. The molecule has 0 radical (unpaired) electrons. The molecule has 10 nitrogen and oxygen atoms in total. The zero-order valence-corrected chi connectivity index (χ0v) is 21.1. The molecular formula is C25H27N5O5S. The summed E-state index contributed by atoms with van der Waals surface area (Å²) in [5.41, 5.74) is 1.82. The van der Waals surface area contributed by atoms with Crippen LogP contribution in [0.5, 0.6) is 11.6 Å². The quantitative estimate of drug-likeness (QED) is 0.515. The van der Waals surface area contributed by atoms with Crippen LogP contribution in [0.25, 0.3) is 0 Å². The minimum atomic E-state index is -3.52. The molecule has 3 aromatic rings.